The molecule has 1 heterocycles. The maximum atomic E-state index is 5.28. The molecule has 1 aliphatic heterocycles. The Hall–Kier alpha value is -1.02. The summed E-state index contributed by atoms with van der Waals surface area (Å²) in [6.45, 7) is 9.02. The van der Waals surface area contributed by atoms with E-state index in [1.165, 1.54) is 18.4 Å². The number of hydrogen-bond donors (Lipinski definition) is 2. The van der Waals surface area contributed by atoms with E-state index in [1.807, 2.05) is 12.1 Å². The van der Waals surface area contributed by atoms with E-state index in [4.69, 9.17) is 9.73 Å². The predicted molar refractivity (Wildman–Crippen MR) is 112 cm³/mol. The van der Waals surface area contributed by atoms with Crippen LogP contribution in [-0.2, 0) is 0 Å². The summed E-state index contributed by atoms with van der Waals surface area (Å²) >= 11 is 0. The second-order valence-corrected chi connectivity index (χ2v) is 5.78. The molecule has 0 bridgehead atoms. The third kappa shape index (κ3) is 6.12. The van der Waals surface area contributed by atoms with Gasteiger partial charge in [-0.2, -0.15) is 0 Å². The lowest BCUT2D eigenvalue weighted by molar-refractivity contribution is 0.251. The van der Waals surface area contributed by atoms with Gasteiger partial charge in [0, 0.05) is 13.1 Å². The Morgan fingerprint density at radius 1 is 1.12 bits per heavy atom. The summed E-state index contributed by atoms with van der Waals surface area (Å²) in [6, 6.07) is 8.74. The van der Waals surface area contributed by atoms with Crippen LogP contribution in [0.5, 0.6) is 5.75 Å². The van der Waals surface area contributed by atoms with Crippen molar-refractivity contribution >= 4 is 29.9 Å². The molecular weight excluding hydrogens is 415 g/mol. The molecular formula is C18H31IN4O. The molecule has 0 spiro atoms. The zero-order chi connectivity index (χ0) is 16.5. The number of guanidine groups is 1. The highest BCUT2D eigenvalue weighted by molar-refractivity contribution is 14.0. The predicted octanol–water partition coefficient (Wildman–Crippen LogP) is 3.03. The molecule has 1 aliphatic rings. The second kappa shape index (κ2) is 11.5. The highest BCUT2D eigenvalue weighted by Crippen LogP contribution is 2.27. The van der Waals surface area contributed by atoms with Crippen molar-refractivity contribution in [1.82, 2.24) is 15.5 Å². The van der Waals surface area contributed by atoms with Crippen LogP contribution in [0.1, 0.15) is 38.3 Å². The molecule has 0 amide bonds. The van der Waals surface area contributed by atoms with Crippen molar-refractivity contribution in [3.8, 4) is 5.75 Å². The summed E-state index contributed by atoms with van der Waals surface area (Å²) in [4.78, 5) is 7.33. The number of aliphatic imine (C=N–C) groups is 1. The quantitative estimate of drug-likeness (QED) is 0.384. The summed E-state index contributed by atoms with van der Waals surface area (Å²) in [5.41, 5.74) is 1.31. The van der Waals surface area contributed by atoms with Gasteiger partial charge in [0.15, 0.2) is 5.96 Å². The zero-order valence-electron chi connectivity index (χ0n) is 15.0. The molecule has 2 N–H and O–H groups in total. The summed E-state index contributed by atoms with van der Waals surface area (Å²) < 4.78 is 5.28. The summed E-state index contributed by atoms with van der Waals surface area (Å²) in [6.07, 6.45) is 2.56. The van der Waals surface area contributed by atoms with E-state index in [1.54, 1.807) is 7.11 Å². The van der Waals surface area contributed by atoms with E-state index in [0.29, 0.717) is 6.04 Å². The Labute approximate surface area is 163 Å². The highest BCUT2D eigenvalue weighted by Gasteiger charge is 2.23. The number of rotatable bonds is 7. The van der Waals surface area contributed by atoms with Gasteiger partial charge in [-0.25, -0.2) is 0 Å². The number of ether oxygens (including phenoxy) is 1. The van der Waals surface area contributed by atoms with Crippen LogP contribution in [0.4, 0.5) is 0 Å². The molecule has 1 aromatic rings. The van der Waals surface area contributed by atoms with E-state index in [-0.39, 0.29) is 24.0 Å². The van der Waals surface area contributed by atoms with Crippen LogP contribution in [0.15, 0.2) is 29.3 Å². The zero-order valence-corrected chi connectivity index (χ0v) is 17.4. The van der Waals surface area contributed by atoms with Gasteiger partial charge in [-0.3, -0.25) is 9.89 Å². The topological polar surface area (TPSA) is 48.9 Å². The summed E-state index contributed by atoms with van der Waals surface area (Å²) in [5, 5.41) is 6.60. The number of halogens is 1. The minimum atomic E-state index is 0. The van der Waals surface area contributed by atoms with Crippen molar-refractivity contribution in [2.75, 3.05) is 39.8 Å². The molecule has 5 nitrogen and oxygen atoms in total. The van der Waals surface area contributed by atoms with Crippen LogP contribution >= 0.6 is 24.0 Å². The van der Waals surface area contributed by atoms with Crippen LogP contribution in [0.2, 0.25) is 0 Å². The molecule has 6 heteroatoms. The minimum Gasteiger partial charge on any atom is -0.497 e. The maximum Gasteiger partial charge on any atom is 0.191 e. The smallest absolute Gasteiger partial charge is 0.191 e. The van der Waals surface area contributed by atoms with Gasteiger partial charge in [0.05, 0.1) is 19.7 Å². The fourth-order valence-corrected chi connectivity index (χ4v) is 3.00. The molecule has 1 fully saturated rings. The Kier molecular flexibility index (Phi) is 10.1. The number of nitrogens with zero attached hydrogens (tertiary/aromatic N) is 2. The van der Waals surface area contributed by atoms with Crippen LogP contribution < -0.4 is 15.4 Å². The van der Waals surface area contributed by atoms with Gasteiger partial charge in [0.1, 0.15) is 5.75 Å². The molecule has 0 saturated carbocycles. The van der Waals surface area contributed by atoms with Crippen molar-refractivity contribution in [3.63, 3.8) is 0 Å². The van der Waals surface area contributed by atoms with Gasteiger partial charge >= 0.3 is 0 Å². The maximum absolute atomic E-state index is 5.28. The molecule has 1 aromatic carbocycles. The second-order valence-electron chi connectivity index (χ2n) is 5.78. The van der Waals surface area contributed by atoms with Gasteiger partial charge < -0.3 is 15.4 Å². The van der Waals surface area contributed by atoms with Crippen LogP contribution in [0.3, 0.4) is 0 Å². The van der Waals surface area contributed by atoms with Crippen molar-refractivity contribution in [2.45, 2.75) is 32.7 Å². The fourth-order valence-electron chi connectivity index (χ4n) is 3.00. The molecule has 2 rings (SSSR count). The van der Waals surface area contributed by atoms with Crippen molar-refractivity contribution in [3.05, 3.63) is 29.8 Å². The van der Waals surface area contributed by atoms with Crippen LogP contribution in [-0.4, -0.2) is 50.7 Å². The van der Waals surface area contributed by atoms with Gasteiger partial charge in [0.2, 0.25) is 0 Å². The van der Waals surface area contributed by atoms with Crippen molar-refractivity contribution < 1.29 is 4.74 Å². The highest BCUT2D eigenvalue weighted by atomic mass is 127. The molecule has 136 valence electrons. The third-order valence-corrected chi connectivity index (χ3v) is 4.19. The Morgan fingerprint density at radius 2 is 1.71 bits per heavy atom. The molecule has 0 aromatic heterocycles. The number of benzene rings is 1. The van der Waals surface area contributed by atoms with Crippen molar-refractivity contribution in [1.29, 1.82) is 0 Å². The molecule has 1 saturated heterocycles. The van der Waals surface area contributed by atoms with Gasteiger partial charge in [-0.15, -0.1) is 24.0 Å². The van der Waals surface area contributed by atoms with E-state index < -0.39 is 0 Å². The SMILES string of the molecule is CCNC(=NCC(c1ccc(OC)cc1)N1CCCC1)NCC.I. The first kappa shape index (κ1) is 21.0. The minimum absolute atomic E-state index is 0. The number of likely N-dealkylation sites (tertiary alicyclic amines) is 1. The van der Waals surface area contributed by atoms with Gasteiger partial charge in [-0.1, -0.05) is 12.1 Å². The van der Waals surface area contributed by atoms with Crippen LogP contribution in [0.25, 0.3) is 0 Å². The average Bonchev–Trinajstić information content (AvgIpc) is 3.10. The average molecular weight is 446 g/mol. The van der Waals surface area contributed by atoms with Gasteiger partial charge in [0.25, 0.3) is 0 Å². The first-order valence-corrected chi connectivity index (χ1v) is 8.68. The van der Waals surface area contributed by atoms with E-state index in [9.17, 15) is 0 Å². The normalized spacial score (nSPS) is 15.3. The lowest BCUT2D eigenvalue weighted by Crippen LogP contribution is -2.38. The Bertz CT molecular complexity index is 478. The van der Waals surface area contributed by atoms with E-state index in [0.717, 1.165) is 44.4 Å². The van der Waals surface area contributed by atoms with E-state index in [2.05, 4.69) is 41.5 Å². The van der Waals surface area contributed by atoms with Gasteiger partial charge in [-0.05, 0) is 57.5 Å². The molecule has 24 heavy (non-hydrogen) atoms. The first-order chi connectivity index (χ1) is 11.3. The molecule has 0 aliphatic carbocycles. The Morgan fingerprint density at radius 3 is 2.21 bits per heavy atom. The van der Waals surface area contributed by atoms with Crippen LogP contribution in [0, 0.1) is 0 Å². The largest absolute Gasteiger partial charge is 0.497 e. The first-order valence-electron chi connectivity index (χ1n) is 8.68. The third-order valence-electron chi connectivity index (χ3n) is 4.19. The lowest BCUT2D eigenvalue weighted by Gasteiger charge is -2.27. The van der Waals surface area contributed by atoms with E-state index >= 15 is 0 Å². The number of nitrogens with one attached hydrogen (secondary N) is 2. The summed E-state index contributed by atoms with van der Waals surface area (Å²) in [7, 11) is 1.70. The lowest BCUT2D eigenvalue weighted by atomic mass is 10.1. The fraction of sp³-hybridized carbons (Fsp3) is 0.611. The monoisotopic (exact) mass is 446 g/mol. The Balaban J connectivity index is 0.00000288. The molecule has 1 atom stereocenters. The number of hydrogen-bond acceptors (Lipinski definition) is 3. The molecule has 0 radical (unpaired) electrons. The molecule has 1 unspecified atom stereocenters. The number of methoxy groups -OCH3 is 1. The van der Waals surface area contributed by atoms with Crippen molar-refractivity contribution in [2.24, 2.45) is 4.99 Å². The standard InChI is InChI=1S/C18H30N4O.HI/c1-4-19-18(20-5-2)21-14-17(22-12-6-7-13-22)15-8-10-16(23-3)11-9-15;/h8-11,17H,4-7,12-14H2,1-3H3,(H2,19,20,21);1H. The summed E-state index contributed by atoms with van der Waals surface area (Å²) in [5.74, 6) is 1.80.